The maximum absolute atomic E-state index is 15.2. The van der Waals surface area contributed by atoms with Gasteiger partial charge in [-0.25, -0.2) is 19.2 Å². The predicted octanol–water partition coefficient (Wildman–Crippen LogP) is 5.41. The van der Waals surface area contributed by atoms with Crippen molar-refractivity contribution in [3.8, 4) is 0 Å². The molecule has 18 nitrogen and oxygen atoms in total. The number of carbonyl (C=O) groups is 6. The van der Waals surface area contributed by atoms with Crippen molar-refractivity contribution in [3.05, 3.63) is 82.9 Å². The first-order chi connectivity index (χ1) is 33.4. The number of ether oxygens (including phenoxy) is 7. The number of carbonyl (C=O) groups excluding carboxylic acids is 6. The highest BCUT2D eigenvalue weighted by Gasteiger charge is 2.78. The lowest BCUT2D eigenvalue weighted by molar-refractivity contribution is -0.346. The number of nitrogens with one attached hydrogen (secondary N) is 2. The minimum absolute atomic E-state index is 0.0521. The molecular formula is C50H66N2O16S2. The van der Waals surface area contributed by atoms with E-state index in [1.165, 1.54) is 61.4 Å². The topological polar surface area (TPSA) is 252 Å². The molecule has 2 bridgehead atoms. The van der Waals surface area contributed by atoms with Gasteiger partial charge in [-0.2, -0.15) is 0 Å². The van der Waals surface area contributed by atoms with Crippen molar-refractivity contribution in [2.45, 2.75) is 135 Å². The number of aliphatic hydroxyl groups excluding tert-OH is 2. The van der Waals surface area contributed by atoms with Crippen molar-refractivity contribution < 1.29 is 78.6 Å². The van der Waals surface area contributed by atoms with Crippen LogP contribution in [0.3, 0.4) is 0 Å². The fourth-order valence-corrected chi connectivity index (χ4v) is 12.1. The summed E-state index contributed by atoms with van der Waals surface area (Å²) in [7, 11) is 2.95. The first-order valence-electron chi connectivity index (χ1n) is 23.9. The van der Waals surface area contributed by atoms with Crippen LogP contribution in [0.15, 0.2) is 71.8 Å². The molecule has 1 amide bonds. The Labute approximate surface area is 417 Å². The van der Waals surface area contributed by atoms with Crippen LogP contribution in [-0.4, -0.2) is 142 Å². The molecule has 11 atom stereocenters. The molecule has 20 heteroatoms. The zero-order valence-electron chi connectivity index (χ0n) is 41.7. The van der Waals surface area contributed by atoms with Gasteiger partial charge in [0.05, 0.1) is 29.6 Å². The zero-order chi connectivity index (χ0) is 52.1. The molecule has 1 saturated heterocycles. The molecular weight excluding hydrogens is 949 g/mol. The third-order valence-electron chi connectivity index (χ3n) is 13.8. The monoisotopic (exact) mass is 1020 g/mol. The molecule has 5 N–H and O–H groups in total. The average molecular weight is 1020 g/mol. The first kappa shape index (κ1) is 53.1. The summed E-state index contributed by atoms with van der Waals surface area (Å²) in [4.78, 5) is 84.7. The normalized spacial score (nSPS) is 30.0. The molecule has 2 aromatic carbocycles. The van der Waals surface area contributed by atoms with E-state index in [4.69, 9.17) is 34.5 Å². The summed E-state index contributed by atoms with van der Waals surface area (Å²) in [6.07, 6.45) is -13.2. The third kappa shape index (κ3) is 11.0. The first-order valence-corrected chi connectivity index (χ1v) is 25.7. The number of Topliss-reactive ketones (excluding diaryl/α,β-unsaturated/α-hetero) is 1. The lowest BCUT2D eigenvalue weighted by atomic mass is 9.44. The summed E-state index contributed by atoms with van der Waals surface area (Å²) in [6, 6.07) is 14.4. The summed E-state index contributed by atoms with van der Waals surface area (Å²) >= 11 is 0. The van der Waals surface area contributed by atoms with Gasteiger partial charge in [-0.15, -0.1) is 0 Å². The van der Waals surface area contributed by atoms with Crippen LogP contribution < -0.4 is 10.6 Å². The summed E-state index contributed by atoms with van der Waals surface area (Å²) < 4.78 is 48.6. The SMILES string of the molecule is [3H]CCNCCSSCCOC(=O)O[C@@H](C(=O)O[C@H]1C[C@]2(O)C(OC(=O)c3ccccc3)[C@@H]3[C@]4(OC(C)=O)CO[C@@H]4C[C@H](O)[C@@]3(C)C(=O)[C@H](O)C(=C1C)C2(C)C)[C@@H](NC(=O)OC(C)(C)C)c1ccccc1. The molecule has 1 unspecified atom stereocenters. The zero-order valence-corrected chi connectivity index (χ0v) is 42.4. The molecule has 1 heterocycles. The van der Waals surface area contributed by atoms with Crippen molar-refractivity contribution in [3.63, 3.8) is 0 Å². The van der Waals surface area contributed by atoms with E-state index in [0.29, 0.717) is 18.8 Å². The molecule has 3 fully saturated rings. The van der Waals surface area contributed by atoms with Gasteiger partial charge in [0.25, 0.3) is 0 Å². The summed E-state index contributed by atoms with van der Waals surface area (Å²) in [5.41, 5.74) is -8.67. The number of rotatable bonds is 17. The molecule has 2 saturated carbocycles. The van der Waals surface area contributed by atoms with Crippen LogP contribution in [0, 0.1) is 16.7 Å². The van der Waals surface area contributed by atoms with Crippen molar-refractivity contribution >= 4 is 57.5 Å². The second-order valence-corrected chi connectivity index (χ2v) is 22.4. The second kappa shape index (κ2) is 22.0. The second-order valence-electron chi connectivity index (χ2n) is 19.7. The van der Waals surface area contributed by atoms with Crippen molar-refractivity contribution in [2.75, 3.05) is 37.8 Å². The Morgan fingerprint density at radius 2 is 1.63 bits per heavy atom. The number of esters is 3. The highest BCUT2D eigenvalue weighted by Crippen LogP contribution is 2.64. The molecule has 0 spiro atoms. The van der Waals surface area contributed by atoms with Crippen molar-refractivity contribution in [2.24, 2.45) is 16.7 Å². The highest BCUT2D eigenvalue weighted by atomic mass is 33.1. The molecule has 0 radical (unpaired) electrons. The van der Waals surface area contributed by atoms with Gasteiger partial charge in [0.1, 0.15) is 48.3 Å². The largest absolute Gasteiger partial charge is 0.509 e. The molecule has 6 rings (SSSR count). The smallest absolute Gasteiger partial charge is 0.455 e. The maximum atomic E-state index is 15.2. The number of hydrogen-bond acceptors (Lipinski definition) is 19. The highest BCUT2D eigenvalue weighted by molar-refractivity contribution is 8.76. The van der Waals surface area contributed by atoms with E-state index in [9.17, 15) is 34.5 Å². The Bertz CT molecular complexity index is 2300. The Balaban J connectivity index is 1.43. The van der Waals surface area contributed by atoms with Gasteiger partial charge in [-0.05, 0) is 70.0 Å². The lowest BCUT2D eigenvalue weighted by Crippen LogP contribution is -2.81. The fourth-order valence-electron chi connectivity index (χ4n) is 10.3. The van der Waals surface area contributed by atoms with Crippen LogP contribution in [0.25, 0.3) is 0 Å². The molecule has 0 aromatic heterocycles. The Kier molecular flexibility index (Phi) is 16.7. The predicted molar refractivity (Wildman–Crippen MR) is 257 cm³/mol. The summed E-state index contributed by atoms with van der Waals surface area (Å²) in [5, 5.41) is 43.9. The summed E-state index contributed by atoms with van der Waals surface area (Å²) in [6.45, 7) is 13.0. The number of fused-ring (bicyclic) bond motifs is 5. The van der Waals surface area contributed by atoms with Gasteiger partial charge >= 0.3 is 30.2 Å². The molecule has 2 aromatic rings. The van der Waals surface area contributed by atoms with Crippen LogP contribution in [0.4, 0.5) is 9.59 Å². The quantitative estimate of drug-likeness (QED) is 0.0437. The number of aliphatic hydroxyl groups is 3. The van der Waals surface area contributed by atoms with E-state index in [-0.39, 0.29) is 48.8 Å². The minimum atomic E-state index is -2.44. The van der Waals surface area contributed by atoms with Gasteiger partial charge in [-0.1, -0.05) is 90.9 Å². The number of benzene rings is 2. The van der Waals surface area contributed by atoms with Gasteiger partial charge in [0, 0.05) is 44.6 Å². The maximum Gasteiger partial charge on any atom is 0.509 e. The van der Waals surface area contributed by atoms with Crippen LogP contribution in [0.1, 0.15) is 98.5 Å². The van der Waals surface area contributed by atoms with E-state index in [1.807, 2.05) is 0 Å². The number of ketones is 1. The van der Waals surface area contributed by atoms with Crippen LogP contribution in [0.5, 0.6) is 0 Å². The van der Waals surface area contributed by atoms with Gasteiger partial charge in [-0.3, -0.25) is 9.59 Å². The van der Waals surface area contributed by atoms with Crippen molar-refractivity contribution in [1.82, 2.24) is 10.6 Å². The van der Waals surface area contributed by atoms with E-state index in [0.717, 1.165) is 12.7 Å². The van der Waals surface area contributed by atoms with E-state index < -0.39 is 119 Å². The average Bonchev–Trinajstić information content (AvgIpc) is 3.30. The van der Waals surface area contributed by atoms with Gasteiger partial charge in [0.15, 0.2) is 11.4 Å². The van der Waals surface area contributed by atoms with E-state index >= 15 is 9.59 Å². The lowest BCUT2D eigenvalue weighted by Gasteiger charge is -2.67. The van der Waals surface area contributed by atoms with Crippen LogP contribution in [-0.2, 0) is 47.5 Å². The number of hydrogen-bond donors (Lipinski definition) is 5. The molecule has 70 heavy (non-hydrogen) atoms. The van der Waals surface area contributed by atoms with E-state index in [2.05, 4.69) is 10.6 Å². The molecule has 4 aliphatic rings. The van der Waals surface area contributed by atoms with Gasteiger partial charge in [0.2, 0.25) is 6.10 Å². The number of alkyl carbamates (subject to hydrolysis) is 1. The van der Waals surface area contributed by atoms with Crippen molar-refractivity contribution in [1.29, 1.82) is 0 Å². The Morgan fingerprint density at radius 3 is 2.24 bits per heavy atom. The third-order valence-corrected chi connectivity index (χ3v) is 16.1. The summed E-state index contributed by atoms with van der Waals surface area (Å²) in [5.74, 6) is -4.46. The standard InChI is InChI=1S/C50H66N2O16S2/c1-10-51-21-23-69-70-24-22-62-45(60)65-38(36(30-17-13-11-14-18-30)52-44(59)68-46(4,5)6)43(58)64-32-26-50(61)41(66-42(57)31-19-15-12-16-20-31)39-48(9,40(56)37(55)35(28(32)2)47(50,7)8)33(54)25-34-49(39,27-63-34)67-29(3)53/h11-20,32-34,36-39,41,51,54-55,61H,10,21-27H2,1-9H3,(H,52,59)/t32-,33-,34+,36-,37+,38+,39-,41?,48+,49-,50-/m0/s1/i1T. The molecule has 3 aliphatic carbocycles. The Hall–Kier alpha value is -4.70. The van der Waals surface area contributed by atoms with Crippen LogP contribution in [0.2, 0.25) is 0 Å². The number of amides is 1. The van der Waals surface area contributed by atoms with Gasteiger partial charge < -0.3 is 59.1 Å². The fraction of sp³-hybridized carbons (Fsp3) is 0.600. The Morgan fingerprint density at radius 1 is 0.971 bits per heavy atom. The minimum Gasteiger partial charge on any atom is -0.455 e. The molecule has 384 valence electrons. The van der Waals surface area contributed by atoms with E-state index in [1.54, 1.807) is 69.3 Å². The van der Waals surface area contributed by atoms with Crippen LogP contribution >= 0.6 is 21.6 Å². The molecule has 1 aliphatic heterocycles.